The minimum atomic E-state index is -0.00177. The summed E-state index contributed by atoms with van der Waals surface area (Å²) in [5.41, 5.74) is 5.88. The minimum Gasteiger partial charge on any atom is -0.373 e. The van der Waals surface area contributed by atoms with Crippen LogP contribution in [0, 0.1) is 17.8 Å². The van der Waals surface area contributed by atoms with Crippen LogP contribution in [0.4, 0.5) is 0 Å². The van der Waals surface area contributed by atoms with Crippen LogP contribution in [-0.2, 0) is 9.53 Å². The summed E-state index contributed by atoms with van der Waals surface area (Å²) in [7, 11) is 0. The maximum Gasteiger partial charge on any atom is 0.223 e. The lowest BCUT2D eigenvalue weighted by Gasteiger charge is -2.35. The number of hydrogen-bond donors (Lipinski definition) is 1. The van der Waals surface area contributed by atoms with Crippen LogP contribution in [0.1, 0.15) is 39.0 Å². The summed E-state index contributed by atoms with van der Waals surface area (Å²) < 4.78 is 5.62. The molecule has 1 amide bonds. The van der Waals surface area contributed by atoms with Crippen LogP contribution >= 0.6 is 0 Å². The van der Waals surface area contributed by atoms with Crippen molar-refractivity contribution in [3.8, 4) is 0 Å². The van der Waals surface area contributed by atoms with E-state index in [9.17, 15) is 4.79 Å². The first-order valence-electron chi connectivity index (χ1n) is 7.78. The molecule has 0 radical (unpaired) electrons. The molecule has 1 saturated heterocycles. The second-order valence-electron chi connectivity index (χ2n) is 6.75. The third-order valence-electron chi connectivity index (χ3n) is 5.35. The van der Waals surface area contributed by atoms with E-state index in [0.29, 0.717) is 25.0 Å². The monoisotopic (exact) mass is 266 g/mol. The van der Waals surface area contributed by atoms with Crippen LogP contribution in [0.2, 0.25) is 0 Å². The Morgan fingerprint density at radius 3 is 2.89 bits per heavy atom. The molecule has 4 nitrogen and oxygen atoms in total. The van der Waals surface area contributed by atoms with Crippen LogP contribution in [0.5, 0.6) is 0 Å². The van der Waals surface area contributed by atoms with E-state index >= 15 is 0 Å². The van der Waals surface area contributed by atoms with Crippen molar-refractivity contribution in [1.29, 1.82) is 0 Å². The lowest BCUT2D eigenvalue weighted by atomic mass is 9.86. The molecular weight excluding hydrogens is 240 g/mol. The zero-order valence-corrected chi connectivity index (χ0v) is 11.9. The number of nitrogens with two attached hydrogens (primary N) is 1. The number of fused-ring (bicyclic) bond motifs is 2. The topological polar surface area (TPSA) is 55.6 Å². The predicted octanol–water partition coefficient (Wildman–Crippen LogP) is 1.39. The summed E-state index contributed by atoms with van der Waals surface area (Å²) >= 11 is 0. The third kappa shape index (κ3) is 2.79. The Morgan fingerprint density at radius 1 is 1.42 bits per heavy atom. The van der Waals surface area contributed by atoms with Gasteiger partial charge in [0.25, 0.3) is 0 Å². The highest BCUT2D eigenvalue weighted by Crippen LogP contribution is 2.49. The highest BCUT2D eigenvalue weighted by molar-refractivity contribution is 5.76. The molecule has 108 valence electrons. The molecule has 4 heteroatoms. The molecule has 0 aromatic heterocycles. The van der Waals surface area contributed by atoms with E-state index in [1.54, 1.807) is 0 Å². The molecule has 5 unspecified atom stereocenters. The summed E-state index contributed by atoms with van der Waals surface area (Å²) in [5, 5.41) is 0. The molecule has 5 atom stereocenters. The molecular formula is C15H26N2O2. The number of carbonyl (C=O) groups is 1. The number of morpholine rings is 1. The highest BCUT2D eigenvalue weighted by Gasteiger charge is 2.41. The summed E-state index contributed by atoms with van der Waals surface area (Å²) in [5.74, 6) is 2.73. The molecule has 0 aromatic rings. The summed E-state index contributed by atoms with van der Waals surface area (Å²) in [4.78, 5) is 14.4. The Balaban J connectivity index is 1.52. The van der Waals surface area contributed by atoms with E-state index in [4.69, 9.17) is 10.5 Å². The fourth-order valence-corrected chi connectivity index (χ4v) is 4.20. The summed E-state index contributed by atoms with van der Waals surface area (Å²) in [6, 6.07) is -0.00177. The molecule has 3 rings (SSSR count). The normalized spacial score (nSPS) is 39.6. The van der Waals surface area contributed by atoms with Gasteiger partial charge in [0.05, 0.1) is 12.7 Å². The number of rotatable bonds is 3. The third-order valence-corrected chi connectivity index (χ3v) is 5.35. The molecule has 1 aliphatic heterocycles. The van der Waals surface area contributed by atoms with E-state index in [-0.39, 0.29) is 12.1 Å². The van der Waals surface area contributed by atoms with Crippen molar-refractivity contribution in [3.05, 3.63) is 0 Å². The Morgan fingerprint density at radius 2 is 2.26 bits per heavy atom. The van der Waals surface area contributed by atoms with Gasteiger partial charge in [-0.1, -0.05) is 6.42 Å². The zero-order valence-electron chi connectivity index (χ0n) is 11.9. The number of hydrogen-bond acceptors (Lipinski definition) is 3. The molecule has 1 heterocycles. The van der Waals surface area contributed by atoms with Gasteiger partial charge in [0.15, 0.2) is 0 Å². The van der Waals surface area contributed by atoms with Crippen LogP contribution in [0.25, 0.3) is 0 Å². The standard InChI is InChI=1S/C15H26N2O2/c1-10(16)14-9-17(4-5-19-14)15(18)8-13-7-11-2-3-12(13)6-11/h10-14H,2-9,16H2,1H3. The van der Waals surface area contributed by atoms with Gasteiger partial charge in [-0.3, -0.25) is 4.79 Å². The maximum absolute atomic E-state index is 12.4. The van der Waals surface area contributed by atoms with Gasteiger partial charge in [0, 0.05) is 25.6 Å². The first-order valence-corrected chi connectivity index (χ1v) is 7.78. The Kier molecular flexibility index (Phi) is 3.81. The number of nitrogens with zero attached hydrogens (tertiary/aromatic N) is 1. The second kappa shape index (κ2) is 5.41. The highest BCUT2D eigenvalue weighted by atomic mass is 16.5. The number of carbonyl (C=O) groups excluding carboxylic acids is 1. The van der Waals surface area contributed by atoms with E-state index in [0.717, 1.165) is 24.8 Å². The van der Waals surface area contributed by atoms with E-state index in [1.165, 1.54) is 25.7 Å². The van der Waals surface area contributed by atoms with Gasteiger partial charge in [-0.15, -0.1) is 0 Å². The average Bonchev–Trinajstić information content (AvgIpc) is 3.01. The molecule has 2 saturated carbocycles. The van der Waals surface area contributed by atoms with E-state index in [1.807, 2.05) is 11.8 Å². The SMILES string of the molecule is CC(N)C1CN(C(=O)CC2CC3CCC2C3)CCO1. The number of amides is 1. The van der Waals surface area contributed by atoms with Crippen LogP contribution < -0.4 is 5.73 Å². The van der Waals surface area contributed by atoms with Crippen molar-refractivity contribution in [2.24, 2.45) is 23.5 Å². The summed E-state index contributed by atoms with van der Waals surface area (Å²) in [6.45, 7) is 4.00. The van der Waals surface area contributed by atoms with Crippen LogP contribution in [-0.4, -0.2) is 42.6 Å². The predicted molar refractivity (Wildman–Crippen MR) is 73.5 cm³/mol. The molecule has 2 aliphatic carbocycles. The van der Waals surface area contributed by atoms with Crippen molar-refractivity contribution >= 4 is 5.91 Å². The van der Waals surface area contributed by atoms with Crippen molar-refractivity contribution in [2.75, 3.05) is 19.7 Å². The van der Waals surface area contributed by atoms with Gasteiger partial charge >= 0.3 is 0 Å². The number of ether oxygens (including phenoxy) is 1. The fourth-order valence-electron chi connectivity index (χ4n) is 4.20. The van der Waals surface area contributed by atoms with Crippen molar-refractivity contribution in [1.82, 2.24) is 4.90 Å². The molecule has 2 bridgehead atoms. The zero-order chi connectivity index (χ0) is 13.4. The average molecular weight is 266 g/mol. The van der Waals surface area contributed by atoms with Crippen molar-refractivity contribution in [3.63, 3.8) is 0 Å². The molecule has 0 spiro atoms. The molecule has 19 heavy (non-hydrogen) atoms. The van der Waals surface area contributed by atoms with Crippen LogP contribution in [0.15, 0.2) is 0 Å². The molecule has 3 aliphatic rings. The second-order valence-corrected chi connectivity index (χ2v) is 6.75. The minimum absolute atomic E-state index is 0.00177. The first kappa shape index (κ1) is 13.4. The molecule has 0 aromatic carbocycles. The summed E-state index contributed by atoms with van der Waals surface area (Å²) in [6.07, 6.45) is 6.19. The van der Waals surface area contributed by atoms with Gasteiger partial charge in [-0.25, -0.2) is 0 Å². The Bertz CT molecular complexity index is 345. The largest absolute Gasteiger partial charge is 0.373 e. The lowest BCUT2D eigenvalue weighted by Crippen LogP contribution is -2.51. The van der Waals surface area contributed by atoms with E-state index in [2.05, 4.69) is 0 Å². The molecule has 3 fully saturated rings. The fraction of sp³-hybridized carbons (Fsp3) is 0.933. The Hall–Kier alpha value is -0.610. The van der Waals surface area contributed by atoms with Gasteiger partial charge in [0.1, 0.15) is 0 Å². The van der Waals surface area contributed by atoms with Gasteiger partial charge < -0.3 is 15.4 Å². The van der Waals surface area contributed by atoms with Crippen molar-refractivity contribution < 1.29 is 9.53 Å². The first-order chi connectivity index (χ1) is 9.13. The van der Waals surface area contributed by atoms with Crippen molar-refractivity contribution in [2.45, 2.75) is 51.2 Å². The van der Waals surface area contributed by atoms with Gasteiger partial charge in [-0.2, -0.15) is 0 Å². The van der Waals surface area contributed by atoms with Gasteiger partial charge in [-0.05, 0) is 43.9 Å². The van der Waals surface area contributed by atoms with Gasteiger partial charge in [0.2, 0.25) is 5.91 Å². The smallest absolute Gasteiger partial charge is 0.223 e. The Labute approximate surface area is 115 Å². The van der Waals surface area contributed by atoms with Crippen LogP contribution in [0.3, 0.4) is 0 Å². The quantitative estimate of drug-likeness (QED) is 0.840. The molecule has 2 N–H and O–H groups in total. The van der Waals surface area contributed by atoms with E-state index < -0.39 is 0 Å². The lowest BCUT2D eigenvalue weighted by molar-refractivity contribution is -0.140. The maximum atomic E-state index is 12.4.